The van der Waals surface area contributed by atoms with Gasteiger partial charge in [-0.3, -0.25) is 0 Å². The molecule has 0 saturated heterocycles. The zero-order chi connectivity index (χ0) is 13.8. The Morgan fingerprint density at radius 2 is 1.89 bits per heavy atom. The number of hydrogen-bond donors (Lipinski definition) is 1. The Kier molecular flexibility index (Phi) is 4.17. The molecular formula is C15H16ClNO2. The zero-order valence-corrected chi connectivity index (χ0v) is 11.7. The van der Waals surface area contributed by atoms with Gasteiger partial charge >= 0.3 is 0 Å². The highest BCUT2D eigenvalue weighted by atomic mass is 35.5. The third-order valence-corrected chi connectivity index (χ3v) is 2.97. The lowest BCUT2D eigenvalue weighted by atomic mass is 10.2. The lowest BCUT2D eigenvalue weighted by molar-refractivity contribution is 0.338. The second-order valence-corrected chi connectivity index (χ2v) is 4.56. The maximum absolute atomic E-state index is 6.00. The summed E-state index contributed by atoms with van der Waals surface area (Å²) in [6.45, 7) is 4.49. The minimum atomic E-state index is 0.488. The summed E-state index contributed by atoms with van der Waals surface area (Å²) in [5.41, 5.74) is 7.22. The minimum absolute atomic E-state index is 0.488. The molecule has 0 aromatic heterocycles. The fourth-order valence-corrected chi connectivity index (χ4v) is 1.87. The zero-order valence-electron chi connectivity index (χ0n) is 10.9. The third kappa shape index (κ3) is 3.32. The first kappa shape index (κ1) is 13.6. The van der Waals surface area contributed by atoms with Crippen LogP contribution in [0.5, 0.6) is 17.2 Å². The summed E-state index contributed by atoms with van der Waals surface area (Å²) in [5, 5.41) is 0.488. The van der Waals surface area contributed by atoms with Crippen molar-refractivity contribution in [1.29, 1.82) is 0 Å². The van der Waals surface area contributed by atoms with Gasteiger partial charge in [-0.1, -0.05) is 17.7 Å². The van der Waals surface area contributed by atoms with Crippen LogP contribution in [0.4, 0.5) is 5.69 Å². The molecule has 2 aromatic carbocycles. The molecule has 100 valence electrons. The number of ether oxygens (including phenoxy) is 2. The Morgan fingerprint density at radius 3 is 2.63 bits per heavy atom. The van der Waals surface area contributed by atoms with Gasteiger partial charge < -0.3 is 15.2 Å². The summed E-state index contributed by atoms with van der Waals surface area (Å²) >= 11 is 6.00. The summed E-state index contributed by atoms with van der Waals surface area (Å²) in [6, 6.07) is 11.0. The van der Waals surface area contributed by atoms with Gasteiger partial charge in [0.1, 0.15) is 17.2 Å². The summed E-state index contributed by atoms with van der Waals surface area (Å²) in [5.74, 6) is 2.17. The number of halogens is 1. The van der Waals surface area contributed by atoms with Crippen LogP contribution in [0.3, 0.4) is 0 Å². The molecule has 4 heteroatoms. The molecule has 0 aliphatic carbocycles. The van der Waals surface area contributed by atoms with Crippen LogP contribution in [0, 0.1) is 6.92 Å². The van der Waals surface area contributed by atoms with E-state index in [0.29, 0.717) is 28.8 Å². The van der Waals surface area contributed by atoms with Crippen molar-refractivity contribution in [2.24, 2.45) is 0 Å². The molecule has 0 amide bonds. The molecule has 3 nitrogen and oxygen atoms in total. The van der Waals surface area contributed by atoms with Crippen molar-refractivity contribution in [3.63, 3.8) is 0 Å². The van der Waals surface area contributed by atoms with E-state index in [1.54, 1.807) is 12.1 Å². The van der Waals surface area contributed by atoms with Gasteiger partial charge in [0.25, 0.3) is 0 Å². The van der Waals surface area contributed by atoms with Gasteiger partial charge in [0.15, 0.2) is 0 Å². The lowest BCUT2D eigenvalue weighted by Gasteiger charge is -2.11. The van der Waals surface area contributed by atoms with Gasteiger partial charge in [-0.25, -0.2) is 0 Å². The third-order valence-electron chi connectivity index (χ3n) is 2.64. The predicted molar refractivity (Wildman–Crippen MR) is 78.3 cm³/mol. The first-order valence-electron chi connectivity index (χ1n) is 6.06. The van der Waals surface area contributed by atoms with Crippen molar-refractivity contribution in [3.8, 4) is 17.2 Å². The molecular weight excluding hydrogens is 262 g/mol. The Balaban J connectivity index is 2.25. The molecule has 0 bridgehead atoms. The van der Waals surface area contributed by atoms with Gasteiger partial charge in [0.05, 0.1) is 17.3 Å². The molecule has 0 saturated carbocycles. The minimum Gasteiger partial charge on any atom is -0.494 e. The maximum Gasteiger partial charge on any atom is 0.131 e. The van der Waals surface area contributed by atoms with Crippen molar-refractivity contribution in [3.05, 3.63) is 47.0 Å². The van der Waals surface area contributed by atoms with Crippen LogP contribution in [0.2, 0.25) is 5.02 Å². The topological polar surface area (TPSA) is 44.5 Å². The number of rotatable bonds is 4. The van der Waals surface area contributed by atoms with Crippen LogP contribution in [0.15, 0.2) is 36.4 Å². The highest BCUT2D eigenvalue weighted by Crippen LogP contribution is 2.32. The quantitative estimate of drug-likeness (QED) is 0.841. The van der Waals surface area contributed by atoms with Gasteiger partial charge in [-0.2, -0.15) is 0 Å². The summed E-state index contributed by atoms with van der Waals surface area (Å²) < 4.78 is 11.2. The molecule has 0 radical (unpaired) electrons. The van der Waals surface area contributed by atoms with E-state index in [-0.39, 0.29) is 0 Å². The molecule has 2 N–H and O–H groups in total. The molecule has 0 atom stereocenters. The van der Waals surface area contributed by atoms with E-state index in [0.717, 1.165) is 11.3 Å². The Labute approximate surface area is 117 Å². The first-order chi connectivity index (χ1) is 9.10. The first-order valence-corrected chi connectivity index (χ1v) is 6.44. The largest absolute Gasteiger partial charge is 0.494 e. The van der Waals surface area contributed by atoms with E-state index in [4.69, 9.17) is 26.8 Å². The molecule has 2 aromatic rings. The van der Waals surface area contributed by atoms with Crippen molar-refractivity contribution in [2.75, 3.05) is 12.3 Å². The Hall–Kier alpha value is -1.87. The molecule has 19 heavy (non-hydrogen) atoms. The fraction of sp³-hybridized carbons (Fsp3) is 0.200. The number of aryl methyl sites for hydroxylation is 1. The average Bonchev–Trinajstić information content (AvgIpc) is 2.37. The maximum atomic E-state index is 6.00. The normalized spacial score (nSPS) is 10.3. The highest BCUT2D eigenvalue weighted by molar-refractivity contribution is 6.33. The van der Waals surface area contributed by atoms with E-state index in [9.17, 15) is 0 Å². The second kappa shape index (κ2) is 5.85. The van der Waals surface area contributed by atoms with E-state index < -0.39 is 0 Å². The average molecular weight is 278 g/mol. The van der Waals surface area contributed by atoms with Crippen molar-refractivity contribution in [1.82, 2.24) is 0 Å². The molecule has 0 aliphatic heterocycles. The lowest BCUT2D eigenvalue weighted by Crippen LogP contribution is -1.94. The van der Waals surface area contributed by atoms with Crippen LogP contribution in [0.25, 0.3) is 0 Å². The Morgan fingerprint density at radius 1 is 1.16 bits per heavy atom. The van der Waals surface area contributed by atoms with E-state index >= 15 is 0 Å². The summed E-state index contributed by atoms with van der Waals surface area (Å²) in [4.78, 5) is 0. The van der Waals surface area contributed by atoms with Crippen LogP contribution in [0.1, 0.15) is 12.5 Å². The predicted octanol–water partition coefficient (Wildman–Crippen LogP) is 4.42. The van der Waals surface area contributed by atoms with E-state index in [1.807, 2.05) is 38.1 Å². The summed E-state index contributed by atoms with van der Waals surface area (Å²) in [6.07, 6.45) is 0. The van der Waals surface area contributed by atoms with E-state index in [1.165, 1.54) is 0 Å². The second-order valence-electron chi connectivity index (χ2n) is 4.15. The number of anilines is 1. The van der Waals surface area contributed by atoms with Crippen molar-refractivity contribution >= 4 is 17.3 Å². The van der Waals surface area contributed by atoms with Gasteiger partial charge in [0, 0.05) is 12.1 Å². The van der Waals surface area contributed by atoms with Crippen molar-refractivity contribution in [2.45, 2.75) is 13.8 Å². The molecule has 0 spiro atoms. The number of nitrogens with two attached hydrogens (primary N) is 1. The number of benzene rings is 2. The number of hydrogen-bond acceptors (Lipinski definition) is 3. The van der Waals surface area contributed by atoms with Gasteiger partial charge in [-0.05, 0) is 37.6 Å². The molecule has 0 fully saturated rings. The molecule has 0 heterocycles. The van der Waals surface area contributed by atoms with Crippen LogP contribution in [-0.4, -0.2) is 6.61 Å². The fourth-order valence-electron chi connectivity index (χ4n) is 1.72. The standard InChI is InChI=1S/C15H16ClNO2/c1-3-18-11-5-4-6-12(8-11)19-15-9-13(16)14(17)7-10(15)2/h4-9H,3,17H2,1-2H3. The molecule has 0 aliphatic rings. The van der Waals surface area contributed by atoms with E-state index in [2.05, 4.69) is 0 Å². The highest BCUT2D eigenvalue weighted by Gasteiger charge is 2.06. The van der Waals surface area contributed by atoms with Crippen LogP contribution in [-0.2, 0) is 0 Å². The van der Waals surface area contributed by atoms with Crippen molar-refractivity contribution < 1.29 is 9.47 Å². The van der Waals surface area contributed by atoms with Crippen LogP contribution >= 0.6 is 11.6 Å². The van der Waals surface area contributed by atoms with Gasteiger partial charge in [-0.15, -0.1) is 0 Å². The monoisotopic (exact) mass is 277 g/mol. The Bertz CT molecular complexity index is 584. The SMILES string of the molecule is CCOc1cccc(Oc2cc(Cl)c(N)cc2C)c1. The van der Waals surface area contributed by atoms with Crippen LogP contribution < -0.4 is 15.2 Å². The number of nitrogen functional groups attached to an aromatic ring is 1. The van der Waals surface area contributed by atoms with Gasteiger partial charge in [0.2, 0.25) is 0 Å². The molecule has 2 rings (SSSR count). The molecule has 0 unspecified atom stereocenters. The smallest absolute Gasteiger partial charge is 0.131 e. The summed E-state index contributed by atoms with van der Waals surface area (Å²) in [7, 11) is 0.